The van der Waals surface area contributed by atoms with E-state index < -0.39 is 0 Å². The van der Waals surface area contributed by atoms with Crippen LogP contribution >= 0.6 is 0 Å². The maximum Gasteiger partial charge on any atom is 0.317 e. The van der Waals surface area contributed by atoms with Crippen LogP contribution in [0.3, 0.4) is 0 Å². The van der Waals surface area contributed by atoms with E-state index in [9.17, 15) is 9.59 Å². The average Bonchev–Trinajstić information content (AvgIpc) is 2.58. The van der Waals surface area contributed by atoms with Crippen LogP contribution in [0.5, 0.6) is 0 Å². The standard InChI is InChI=1S/C9H8O4/c10-8-4-2-1-3(7-6(2)12-7)5(4)9(11)13-8/h2-7H,1H2. The molecule has 4 rings (SSSR count). The number of epoxide rings is 1. The molecule has 6 unspecified atom stereocenters. The number of cyclic esters (lactones) is 2. The third-order valence-corrected chi connectivity index (χ3v) is 4.00. The summed E-state index contributed by atoms with van der Waals surface area (Å²) in [5.41, 5.74) is 0. The number of hydrogen-bond donors (Lipinski definition) is 0. The van der Waals surface area contributed by atoms with Crippen LogP contribution in [-0.4, -0.2) is 24.1 Å². The van der Waals surface area contributed by atoms with Gasteiger partial charge in [-0.3, -0.25) is 9.59 Å². The van der Waals surface area contributed by atoms with Crippen molar-refractivity contribution >= 4 is 11.9 Å². The number of carbonyl (C=O) groups is 2. The van der Waals surface area contributed by atoms with Crippen LogP contribution in [0.15, 0.2) is 0 Å². The fraction of sp³-hybridized carbons (Fsp3) is 0.778. The van der Waals surface area contributed by atoms with Crippen molar-refractivity contribution in [3.63, 3.8) is 0 Å². The maximum absolute atomic E-state index is 11.3. The summed E-state index contributed by atoms with van der Waals surface area (Å²) in [6.45, 7) is 0. The first-order valence-electron chi connectivity index (χ1n) is 4.68. The van der Waals surface area contributed by atoms with E-state index >= 15 is 0 Å². The molecule has 0 radical (unpaired) electrons. The Balaban J connectivity index is 1.84. The van der Waals surface area contributed by atoms with Crippen molar-refractivity contribution in [2.75, 3.05) is 0 Å². The van der Waals surface area contributed by atoms with Gasteiger partial charge in [0, 0.05) is 11.8 Å². The molecule has 0 aromatic heterocycles. The molecule has 4 nitrogen and oxygen atoms in total. The van der Waals surface area contributed by atoms with Gasteiger partial charge >= 0.3 is 11.9 Å². The molecule has 0 amide bonds. The van der Waals surface area contributed by atoms with Gasteiger partial charge in [-0.1, -0.05) is 0 Å². The quantitative estimate of drug-likeness (QED) is 0.292. The molecule has 4 fully saturated rings. The van der Waals surface area contributed by atoms with E-state index in [1.54, 1.807) is 0 Å². The smallest absolute Gasteiger partial charge is 0.317 e. The van der Waals surface area contributed by atoms with Gasteiger partial charge in [-0.15, -0.1) is 0 Å². The van der Waals surface area contributed by atoms with Gasteiger partial charge in [0.15, 0.2) is 0 Å². The molecule has 6 atom stereocenters. The molecule has 0 N–H and O–H groups in total. The van der Waals surface area contributed by atoms with E-state index in [-0.39, 0.29) is 47.8 Å². The summed E-state index contributed by atoms with van der Waals surface area (Å²) in [5.74, 6) is -0.395. The highest BCUT2D eigenvalue weighted by atomic mass is 16.6. The lowest BCUT2D eigenvalue weighted by Gasteiger charge is -2.14. The van der Waals surface area contributed by atoms with Crippen LogP contribution in [0.2, 0.25) is 0 Å². The van der Waals surface area contributed by atoms with Crippen LogP contribution < -0.4 is 0 Å². The van der Waals surface area contributed by atoms with Crippen molar-refractivity contribution in [1.82, 2.24) is 0 Å². The van der Waals surface area contributed by atoms with Gasteiger partial charge in [0.1, 0.15) is 0 Å². The van der Waals surface area contributed by atoms with Gasteiger partial charge in [0.2, 0.25) is 0 Å². The Morgan fingerprint density at radius 3 is 2.08 bits per heavy atom. The monoisotopic (exact) mass is 180 g/mol. The molecule has 2 heterocycles. The molecule has 0 spiro atoms. The summed E-state index contributed by atoms with van der Waals surface area (Å²) < 4.78 is 10.1. The van der Waals surface area contributed by atoms with Crippen LogP contribution in [-0.2, 0) is 19.1 Å². The van der Waals surface area contributed by atoms with Crippen molar-refractivity contribution in [1.29, 1.82) is 0 Å². The maximum atomic E-state index is 11.3. The minimum absolute atomic E-state index is 0.166. The summed E-state index contributed by atoms with van der Waals surface area (Å²) in [6.07, 6.45) is 1.53. The molecule has 2 bridgehead atoms. The van der Waals surface area contributed by atoms with Crippen LogP contribution in [0.1, 0.15) is 6.42 Å². The van der Waals surface area contributed by atoms with Crippen LogP contribution in [0, 0.1) is 23.7 Å². The summed E-state index contributed by atoms with van der Waals surface area (Å²) in [6, 6.07) is 0. The van der Waals surface area contributed by atoms with Crippen molar-refractivity contribution in [2.45, 2.75) is 18.6 Å². The first-order chi connectivity index (χ1) is 6.27. The molecule has 68 valence electrons. The summed E-state index contributed by atoms with van der Waals surface area (Å²) in [4.78, 5) is 22.6. The topological polar surface area (TPSA) is 55.9 Å². The Morgan fingerprint density at radius 2 is 1.54 bits per heavy atom. The van der Waals surface area contributed by atoms with Crippen molar-refractivity contribution in [3.8, 4) is 0 Å². The largest absolute Gasteiger partial charge is 0.393 e. The Kier molecular flexibility index (Phi) is 0.836. The summed E-state index contributed by atoms with van der Waals surface area (Å²) in [5, 5.41) is 0. The fourth-order valence-corrected chi connectivity index (χ4v) is 3.52. The zero-order valence-corrected chi connectivity index (χ0v) is 6.80. The Labute approximate surface area is 74.2 Å². The van der Waals surface area contributed by atoms with Gasteiger partial charge in [0.25, 0.3) is 0 Å². The van der Waals surface area contributed by atoms with E-state index in [4.69, 9.17) is 4.74 Å². The zero-order chi connectivity index (χ0) is 8.74. The Bertz CT molecular complexity index is 307. The Hall–Kier alpha value is -0.900. The minimum atomic E-state index is -0.309. The summed E-state index contributed by atoms with van der Waals surface area (Å²) >= 11 is 0. The molecule has 0 aromatic carbocycles. The Morgan fingerprint density at radius 1 is 1.00 bits per heavy atom. The number of esters is 2. The number of carbonyl (C=O) groups excluding carboxylic acids is 2. The highest BCUT2D eigenvalue weighted by Gasteiger charge is 2.73. The van der Waals surface area contributed by atoms with E-state index in [1.165, 1.54) is 0 Å². The molecule has 2 saturated carbocycles. The van der Waals surface area contributed by atoms with Gasteiger partial charge in [-0.05, 0) is 6.42 Å². The lowest BCUT2D eigenvalue weighted by molar-refractivity contribution is -0.155. The molecule has 2 aliphatic carbocycles. The lowest BCUT2D eigenvalue weighted by Crippen LogP contribution is -2.29. The lowest BCUT2D eigenvalue weighted by atomic mass is 9.81. The van der Waals surface area contributed by atoms with E-state index in [0.717, 1.165) is 6.42 Å². The zero-order valence-electron chi connectivity index (χ0n) is 6.80. The SMILES string of the molecule is O=C1OC(=O)C2C3CC(C4OC34)C12. The molecular weight excluding hydrogens is 172 g/mol. The van der Waals surface area contributed by atoms with Gasteiger partial charge in [0.05, 0.1) is 24.0 Å². The van der Waals surface area contributed by atoms with Gasteiger partial charge in [-0.25, -0.2) is 0 Å². The number of fused-ring (bicyclic) bond motifs is 8. The number of rotatable bonds is 0. The summed E-state index contributed by atoms with van der Waals surface area (Å²) in [7, 11) is 0. The van der Waals surface area contributed by atoms with Crippen LogP contribution in [0.25, 0.3) is 0 Å². The third kappa shape index (κ3) is 0.544. The molecule has 13 heavy (non-hydrogen) atoms. The highest BCUT2D eigenvalue weighted by molar-refractivity contribution is 5.97. The molecule has 4 aliphatic rings. The highest BCUT2D eigenvalue weighted by Crippen LogP contribution is 2.63. The molecular formula is C9H8O4. The molecule has 2 saturated heterocycles. The number of hydrogen-bond acceptors (Lipinski definition) is 4. The second-order valence-corrected chi connectivity index (χ2v) is 4.42. The van der Waals surface area contributed by atoms with E-state index in [0.29, 0.717) is 0 Å². The van der Waals surface area contributed by atoms with Crippen molar-refractivity contribution in [2.24, 2.45) is 23.7 Å². The molecule has 2 aliphatic heterocycles. The first-order valence-corrected chi connectivity index (χ1v) is 4.68. The van der Waals surface area contributed by atoms with Crippen LogP contribution in [0.4, 0.5) is 0 Å². The minimum Gasteiger partial charge on any atom is -0.393 e. The molecule has 4 heteroatoms. The van der Waals surface area contributed by atoms with E-state index in [1.807, 2.05) is 0 Å². The average molecular weight is 180 g/mol. The van der Waals surface area contributed by atoms with E-state index in [2.05, 4.69) is 4.74 Å². The van der Waals surface area contributed by atoms with Gasteiger partial charge in [-0.2, -0.15) is 0 Å². The number of ether oxygens (including phenoxy) is 2. The van der Waals surface area contributed by atoms with Crippen molar-refractivity contribution < 1.29 is 19.1 Å². The second-order valence-electron chi connectivity index (χ2n) is 4.42. The normalized spacial score (nSPS) is 60.6. The fourth-order valence-electron chi connectivity index (χ4n) is 3.52. The predicted molar refractivity (Wildman–Crippen MR) is 38.3 cm³/mol. The predicted octanol–water partition coefficient (Wildman–Crippen LogP) is -0.281. The van der Waals surface area contributed by atoms with Crippen molar-refractivity contribution in [3.05, 3.63) is 0 Å². The third-order valence-electron chi connectivity index (χ3n) is 4.00. The molecule has 0 aromatic rings. The van der Waals surface area contributed by atoms with Gasteiger partial charge < -0.3 is 9.47 Å². The first kappa shape index (κ1) is 6.54. The second kappa shape index (κ2) is 1.66.